The van der Waals surface area contributed by atoms with Gasteiger partial charge in [-0.2, -0.15) is 0 Å². The summed E-state index contributed by atoms with van der Waals surface area (Å²) in [7, 11) is 0. The van der Waals surface area contributed by atoms with E-state index in [1.54, 1.807) is 11.1 Å². The number of aryl methyl sites for hydroxylation is 1. The van der Waals surface area contributed by atoms with E-state index in [-0.39, 0.29) is 11.5 Å². The van der Waals surface area contributed by atoms with Crippen LogP contribution in [0.1, 0.15) is 50.4 Å². The van der Waals surface area contributed by atoms with Crippen molar-refractivity contribution in [1.29, 1.82) is 0 Å². The van der Waals surface area contributed by atoms with Gasteiger partial charge in [-0.25, -0.2) is 13.6 Å². The van der Waals surface area contributed by atoms with Gasteiger partial charge in [0.1, 0.15) is 5.82 Å². The predicted octanol–water partition coefficient (Wildman–Crippen LogP) is 4.86. The molecule has 5 rings (SSSR count). The maximum absolute atomic E-state index is 16.3. The summed E-state index contributed by atoms with van der Waals surface area (Å²) < 4.78 is 35.4. The van der Waals surface area contributed by atoms with E-state index in [9.17, 15) is 9.18 Å². The Morgan fingerprint density at radius 3 is 2.62 bits per heavy atom. The quantitative estimate of drug-likeness (QED) is 0.639. The predicted molar refractivity (Wildman–Crippen MR) is 124 cm³/mol. The van der Waals surface area contributed by atoms with E-state index in [0.717, 1.165) is 44.2 Å². The van der Waals surface area contributed by atoms with Crippen molar-refractivity contribution in [2.24, 2.45) is 5.41 Å². The zero-order valence-corrected chi connectivity index (χ0v) is 19.9. The highest BCUT2D eigenvalue weighted by molar-refractivity contribution is 5.69. The van der Waals surface area contributed by atoms with Crippen LogP contribution in [0, 0.1) is 18.2 Å². The first kappa shape index (κ1) is 23.1. The molecule has 1 atom stereocenters. The van der Waals surface area contributed by atoms with E-state index in [2.05, 4.69) is 14.9 Å². The first-order chi connectivity index (χ1) is 16.3. The number of hydrogen-bond donors (Lipinski definition) is 0. The second-order valence-electron chi connectivity index (χ2n) is 10.2. The van der Waals surface area contributed by atoms with Crippen LogP contribution < -0.4 is 0 Å². The average molecular weight is 471 g/mol. The summed E-state index contributed by atoms with van der Waals surface area (Å²) in [4.78, 5) is 24.7. The second-order valence-corrected chi connectivity index (χ2v) is 10.2. The molecule has 0 bridgehead atoms. The van der Waals surface area contributed by atoms with Gasteiger partial charge in [0, 0.05) is 60.7 Å². The summed E-state index contributed by atoms with van der Waals surface area (Å²) in [6.45, 7) is 6.91. The number of carbonyl (C=O) groups is 1. The molecular formula is C26H32F2N4O2. The highest BCUT2D eigenvalue weighted by Crippen LogP contribution is 2.49. The van der Waals surface area contributed by atoms with Gasteiger partial charge in [-0.05, 0) is 58.1 Å². The number of ether oxygens (including phenoxy) is 1. The van der Waals surface area contributed by atoms with Crippen molar-refractivity contribution in [3.63, 3.8) is 0 Å². The first-order valence-corrected chi connectivity index (χ1v) is 12.2. The average Bonchev–Trinajstić information content (AvgIpc) is 3.25. The van der Waals surface area contributed by atoms with Gasteiger partial charge in [-0.1, -0.05) is 6.07 Å². The molecule has 3 aliphatic rings. The molecule has 2 aliphatic heterocycles. The third-order valence-corrected chi connectivity index (χ3v) is 7.86. The zero-order valence-electron chi connectivity index (χ0n) is 19.9. The van der Waals surface area contributed by atoms with Crippen molar-refractivity contribution in [2.75, 3.05) is 32.8 Å². The summed E-state index contributed by atoms with van der Waals surface area (Å²) in [5.41, 5.74) is 0.914. The fourth-order valence-electron chi connectivity index (χ4n) is 6.01. The van der Waals surface area contributed by atoms with E-state index >= 15 is 4.39 Å². The number of rotatable bonds is 4. The number of piperidine rings is 1. The van der Waals surface area contributed by atoms with Gasteiger partial charge in [0.25, 0.3) is 0 Å². The van der Waals surface area contributed by atoms with Crippen molar-refractivity contribution in [3.8, 4) is 11.1 Å². The number of halogens is 2. The number of pyridine rings is 2. The number of carbonyl (C=O) groups excluding carboxylic acids is 1. The lowest BCUT2D eigenvalue weighted by molar-refractivity contribution is -0.00896. The van der Waals surface area contributed by atoms with Crippen molar-refractivity contribution < 1.29 is 18.3 Å². The number of hydrogen-bond acceptors (Lipinski definition) is 5. The number of nitrogens with zero attached hydrogens (tertiary/aromatic N) is 4. The number of alkyl halides is 1. The van der Waals surface area contributed by atoms with Gasteiger partial charge < -0.3 is 14.5 Å². The maximum atomic E-state index is 16.3. The maximum Gasteiger partial charge on any atom is 0.409 e. The van der Waals surface area contributed by atoms with E-state index in [1.165, 1.54) is 6.07 Å². The minimum Gasteiger partial charge on any atom is -0.450 e. The van der Waals surface area contributed by atoms with E-state index in [1.807, 2.05) is 26.0 Å². The van der Waals surface area contributed by atoms with E-state index in [0.29, 0.717) is 55.4 Å². The smallest absolute Gasteiger partial charge is 0.409 e. The van der Waals surface area contributed by atoms with Gasteiger partial charge in [0.2, 0.25) is 0 Å². The summed E-state index contributed by atoms with van der Waals surface area (Å²) >= 11 is 0. The Kier molecular flexibility index (Phi) is 6.04. The fraction of sp³-hybridized carbons (Fsp3) is 0.577. The van der Waals surface area contributed by atoms with E-state index in [4.69, 9.17) is 4.74 Å². The summed E-state index contributed by atoms with van der Waals surface area (Å²) in [6.07, 6.45) is 6.41. The largest absolute Gasteiger partial charge is 0.450 e. The van der Waals surface area contributed by atoms with Crippen LogP contribution in [0.15, 0.2) is 30.6 Å². The van der Waals surface area contributed by atoms with Crippen molar-refractivity contribution in [2.45, 2.75) is 57.7 Å². The Bertz CT molecular complexity index is 1050. The highest BCUT2D eigenvalue weighted by atomic mass is 19.1. The van der Waals surface area contributed by atoms with Crippen LogP contribution in [-0.4, -0.2) is 64.7 Å². The molecule has 0 radical (unpaired) electrons. The Balaban J connectivity index is 1.24. The molecule has 6 nitrogen and oxygen atoms in total. The number of likely N-dealkylation sites (tertiary alicyclic amines) is 2. The van der Waals surface area contributed by atoms with Crippen LogP contribution in [-0.2, 0) is 10.4 Å². The lowest BCUT2D eigenvalue weighted by Crippen LogP contribution is -2.58. The monoisotopic (exact) mass is 470 g/mol. The third kappa shape index (κ3) is 4.28. The Morgan fingerprint density at radius 1 is 1.18 bits per heavy atom. The van der Waals surface area contributed by atoms with Crippen LogP contribution in [0.2, 0.25) is 0 Å². The van der Waals surface area contributed by atoms with Crippen LogP contribution in [0.25, 0.3) is 11.1 Å². The second kappa shape index (κ2) is 8.87. The lowest BCUT2D eigenvalue weighted by Gasteiger charge is -2.48. The molecule has 1 saturated carbocycles. The normalized spacial score (nSPS) is 23.6. The molecule has 34 heavy (non-hydrogen) atoms. The Labute approximate surface area is 199 Å². The molecule has 2 aromatic rings. The molecule has 8 heteroatoms. The molecule has 0 N–H and O–H groups in total. The number of amides is 1. The highest BCUT2D eigenvalue weighted by Gasteiger charge is 2.52. The minimum atomic E-state index is -1.60. The van der Waals surface area contributed by atoms with Crippen LogP contribution in [0.3, 0.4) is 0 Å². The van der Waals surface area contributed by atoms with Gasteiger partial charge >= 0.3 is 6.09 Å². The molecule has 4 heterocycles. The molecule has 1 amide bonds. The third-order valence-electron chi connectivity index (χ3n) is 7.86. The molecule has 1 spiro atoms. The Morgan fingerprint density at radius 2 is 1.94 bits per heavy atom. The SMILES string of the molecule is CCOC(=O)N1CC2(CCC(N3CCC(F)(c4ncc(F)cc4-c4ccc(C)nc4)CC3)C2)C1. The van der Waals surface area contributed by atoms with Gasteiger partial charge in [0.05, 0.1) is 18.5 Å². The van der Waals surface area contributed by atoms with Gasteiger partial charge in [-0.3, -0.25) is 9.97 Å². The molecule has 1 aliphatic carbocycles. The fourth-order valence-corrected chi connectivity index (χ4v) is 6.01. The minimum absolute atomic E-state index is 0.186. The van der Waals surface area contributed by atoms with Crippen molar-refractivity contribution in [1.82, 2.24) is 19.8 Å². The zero-order chi connectivity index (χ0) is 23.9. The first-order valence-electron chi connectivity index (χ1n) is 12.2. The summed E-state index contributed by atoms with van der Waals surface area (Å²) in [5.74, 6) is -0.478. The Hall–Kier alpha value is -2.61. The van der Waals surface area contributed by atoms with Crippen molar-refractivity contribution >= 4 is 6.09 Å². The van der Waals surface area contributed by atoms with Crippen LogP contribution in [0.5, 0.6) is 0 Å². The van der Waals surface area contributed by atoms with Gasteiger partial charge in [-0.15, -0.1) is 0 Å². The summed E-state index contributed by atoms with van der Waals surface area (Å²) in [5, 5.41) is 0. The van der Waals surface area contributed by atoms with Crippen LogP contribution >= 0.6 is 0 Å². The lowest BCUT2D eigenvalue weighted by atomic mass is 9.78. The topological polar surface area (TPSA) is 58.6 Å². The molecule has 2 aromatic heterocycles. The standard InChI is InChI=1S/C26H32F2N4O2/c1-3-34-24(33)32-16-25(17-32)7-6-21(13-25)31-10-8-26(28,9-11-31)23-22(12-20(27)15-30-23)19-5-4-18(2)29-14-19/h4-5,12,14-15,21H,3,6-11,13,16-17H2,1-2H3. The van der Waals surface area contributed by atoms with Gasteiger partial charge in [0.15, 0.2) is 5.67 Å². The molecule has 2 saturated heterocycles. The molecule has 1 unspecified atom stereocenters. The molecular weight excluding hydrogens is 438 g/mol. The number of aromatic nitrogens is 2. The molecule has 182 valence electrons. The van der Waals surface area contributed by atoms with Crippen LogP contribution in [0.4, 0.5) is 13.6 Å². The molecule has 3 fully saturated rings. The summed E-state index contributed by atoms with van der Waals surface area (Å²) in [6, 6.07) is 5.47. The van der Waals surface area contributed by atoms with Crippen molar-refractivity contribution in [3.05, 3.63) is 47.8 Å². The molecule has 0 aromatic carbocycles. The van der Waals surface area contributed by atoms with E-state index < -0.39 is 11.5 Å².